The number of thioether (sulfide) groups is 1. The van der Waals surface area contributed by atoms with Gasteiger partial charge in [-0.1, -0.05) is 37.7 Å². The lowest BCUT2D eigenvalue weighted by molar-refractivity contribution is -0.255. The van der Waals surface area contributed by atoms with Gasteiger partial charge in [0.05, 0.1) is 5.97 Å². The van der Waals surface area contributed by atoms with Crippen LogP contribution in [0.3, 0.4) is 0 Å². The number of carboxylic acids is 1. The van der Waals surface area contributed by atoms with E-state index in [4.69, 9.17) is 0 Å². The van der Waals surface area contributed by atoms with E-state index in [1.54, 1.807) is 0 Å². The van der Waals surface area contributed by atoms with E-state index in [-0.39, 0.29) is 23.8 Å². The van der Waals surface area contributed by atoms with E-state index in [2.05, 4.69) is 20.8 Å². The number of amidine groups is 1. The van der Waals surface area contributed by atoms with E-state index in [9.17, 15) is 19.5 Å². The van der Waals surface area contributed by atoms with Crippen LogP contribution in [0.2, 0.25) is 0 Å². The van der Waals surface area contributed by atoms with Gasteiger partial charge in [-0.2, -0.15) is 5.10 Å². The molecule has 9 heteroatoms. The molecule has 0 aromatic heterocycles. The summed E-state index contributed by atoms with van der Waals surface area (Å²) in [6, 6.07) is 5.60. The Morgan fingerprint density at radius 3 is 2.46 bits per heavy atom. The molecule has 0 saturated carbocycles. The number of aromatic carboxylic acids is 1. The third kappa shape index (κ3) is 5.41. The zero-order chi connectivity index (χ0) is 19.1. The van der Waals surface area contributed by atoms with Gasteiger partial charge in [0.2, 0.25) is 11.8 Å². The van der Waals surface area contributed by atoms with E-state index in [1.165, 1.54) is 24.3 Å². The summed E-state index contributed by atoms with van der Waals surface area (Å²) in [5.41, 5.74) is 1.39. The van der Waals surface area contributed by atoms with Crippen molar-refractivity contribution in [1.82, 2.24) is 5.32 Å². The van der Waals surface area contributed by atoms with E-state index < -0.39 is 11.2 Å². The molecule has 1 heterocycles. The van der Waals surface area contributed by atoms with Crippen LogP contribution in [0.15, 0.2) is 34.5 Å². The molecule has 2 amide bonds. The Hall–Kier alpha value is -2.68. The molecule has 1 aromatic carbocycles. The standard InChI is InChI=1S/C17H20N4O4S/c1-3-11(4-2)20-21-17-19-15(23)13(26-17)9-14(22)18-12-7-5-10(6-8-12)16(24)25/h5-8,13H,3-4,9H2,1-2H3,(H,18,22)(H,24,25)(H,19,21,23)/p-1/t13-/m1/s1. The molecular weight excluding hydrogens is 356 g/mol. The van der Waals surface area contributed by atoms with Crippen molar-refractivity contribution in [3.63, 3.8) is 0 Å². The average Bonchev–Trinajstić information content (AvgIpc) is 2.95. The fourth-order valence-corrected chi connectivity index (χ4v) is 3.08. The minimum absolute atomic E-state index is 0.0219. The largest absolute Gasteiger partial charge is 0.545 e. The van der Waals surface area contributed by atoms with E-state index in [0.717, 1.165) is 30.3 Å². The molecule has 1 aromatic rings. The molecule has 138 valence electrons. The molecule has 1 atom stereocenters. The summed E-state index contributed by atoms with van der Waals surface area (Å²) >= 11 is 1.16. The van der Waals surface area contributed by atoms with Gasteiger partial charge in [-0.15, -0.1) is 5.10 Å². The fourth-order valence-electron chi connectivity index (χ4n) is 2.16. The number of carboxylic acid groups (broad SMARTS) is 1. The first-order chi connectivity index (χ1) is 12.4. The predicted molar refractivity (Wildman–Crippen MR) is 99.0 cm³/mol. The highest BCUT2D eigenvalue weighted by Gasteiger charge is 2.32. The van der Waals surface area contributed by atoms with Crippen molar-refractivity contribution >= 4 is 46.1 Å². The highest BCUT2D eigenvalue weighted by molar-refractivity contribution is 8.15. The van der Waals surface area contributed by atoms with Crippen molar-refractivity contribution in [1.29, 1.82) is 0 Å². The summed E-state index contributed by atoms with van der Waals surface area (Å²) in [7, 11) is 0. The molecule has 1 aliphatic heterocycles. The first-order valence-electron chi connectivity index (χ1n) is 8.15. The number of nitrogens with one attached hydrogen (secondary N) is 2. The summed E-state index contributed by atoms with van der Waals surface area (Å²) < 4.78 is 0. The van der Waals surface area contributed by atoms with E-state index >= 15 is 0 Å². The minimum Gasteiger partial charge on any atom is -0.545 e. The third-order valence-corrected chi connectivity index (χ3v) is 4.72. The Labute approximate surface area is 155 Å². The number of carbonyl (C=O) groups is 3. The third-order valence-electron chi connectivity index (χ3n) is 3.65. The van der Waals surface area contributed by atoms with Crippen molar-refractivity contribution in [3.8, 4) is 0 Å². The number of amides is 2. The monoisotopic (exact) mass is 375 g/mol. The summed E-state index contributed by atoms with van der Waals surface area (Å²) in [6.45, 7) is 3.96. The van der Waals surface area contributed by atoms with Gasteiger partial charge in [-0.05, 0) is 30.5 Å². The van der Waals surface area contributed by atoms with Gasteiger partial charge in [0.25, 0.3) is 0 Å². The van der Waals surface area contributed by atoms with Crippen LogP contribution in [-0.4, -0.2) is 33.9 Å². The highest BCUT2D eigenvalue weighted by atomic mass is 32.2. The Kier molecular flexibility index (Phi) is 6.90. The lowest BCUT2D eigenvalue weighted by Gasteiger charge is -2.08. The van der Waals surface area contributed by atoms with E-state index in [1.807, 2.05) is 13.8 Å². The predicted octanol–water partition coefficient (Wildman–Crippen LogP) is 1.14. The number of anilines is 1. The number of benzene rings is 1. The summed E-state index contributed by atoms with van der Waals surface area (Å²) in [5, 5.41) is 23.9. The smallest absolute Gasteiger partial charge is 0.240 e. The minimum atomic E-state index is -1.29. The molecule has 0 aliphatic carbocycles. The maximum Gasteiger partial charge on any atom is 0.240 e. The molecule has 1 aliphatic rings. The molecule has 0 bridgehead atoms. The van der Waals surface area contributed by atoms with Crippen LogP contribution in [0, 0.1) is 0 Å². The Balaban J connectivity index is 1.92. The summed E-state index contributed by atoms with van der Waals surface area (Å²) in [5.74, 6) is -1.93. The molecule has 0 unspecified atom stereocenters. The average molecular weight is 375 g/mol. The molecule has 8 nitrogen and oxygen atoms in total. The number of hydrogen-bond donors (Lipinski definition) is 2. The first kappa shape index (κ1) is 19.6. The van der Waals surface area contributed by atoms with Gasteiger partial charge in [-0.3, -0.25) is 9.59 Å². The summed E-state index contributed by atoms with van der Waals surface area (Å²) in [6.07, 6.45) is 1.54. The van der Waals surface area contributed by atoms with Crippen LogP contribution in [0.4, 0.5) is 5.69 Å². The second-order valence-electron chi connectivity index (χ2n) is 5.49. The number of carbonyl (C=O) groups excluding carboxylic acids is 3. The molecule has 26 heavy (non-hydrogen) atoms. The van der Waals surface area contributed by atoms with Crippen molar-refractivity contribution in [2.75, 3.05) is 5.32 Å². The maximum atomic E-state index is 12.1. The lowest BCUT2D eigenvalue weighted by atomic mass is 10.2. The SMILES string of the molecule is CCC(CC)=N/N=C1\NC(=O)[C@@H](CC(=O)Nc2ccc(C(=O)[O-])cc2)S1. The van der Waals surface area contributed by atoms with Crippen molar-refractivity contribution in [2.45, 2.75) is 38.4 Å². The van der Waals surface area contributed by atoms with Crippen molar-refractivity contribution < 1.29 is 19.5 Å². The maximum absolute atomic E-state index is 12.1. The van der Waals surface area contributed by atoms with Gasteiger partial charge >= 0.3 is 0 Å². The van der Waals surface area contributed by atoms with E-state index in [0.29, 0.717) is 10.9 Å². The van der Waals surface area contributed by atoms with Crippen LogP contribution < -0.4 is 15.7 Å². The fraction of sp³-hybridized carbons (Fsp3) is 0.353. The van der Waals surface area contributed by atoms with Gasteiger partial charge < -0.3 is 20.5 Å². The van der Waals surface area contributed by atoms with Crippen molar-refractivity contribution in [3.05, 3.63) is 29.8 Å². The molecule has 0 spiro atoms. The molecule has 2 rings (SSSR count). The van der Waals surface area contributed by atoms with Gasteiger partial charge in [0.15, 0.2) is 5.17 Å². The molecule has 1 fully saturated rings. The highest BCUT2D eigenvalue weighted by Crippen LogP contribution is 2.23. The second kappa shape index (κ2) is 9.14. The van der Waals surface area contributed by atoms with Crippen LogP contribution in [-0.2, 0) is 9.59 Å². The summed E-state index contributed by atoms with van der Waals surface area (Å²) in [4.78, 5) is 34.8. The molecule has 0 radical (unpaired) electrons. The zero-order valence-electron chi connectivity index (χ0n) is 14.4. The number of hydrogen-bond acceptors (Lipinski definition) is 7. The van der Waals surface area contributed by atoms with Crippen LogP contribution in [0.1, 0.15) is 43.5 Å². The Morgan fingerprint density at radius 1 is 1.23 bits per heavy atom. The molecular formula is C17H19N4O4S-. The zero-order valence-corrected chi connectivity index (χ0v) is 15.3. The first-order valence-corrected chi connectivity index (χ1v) is 9.03. The molecule has 2 N–H and O–H groups in total. The topological polar surface area (TPSA) is 123 Å². The van der Waals surface area contributed by atoms with Gasteiger partial charge in [0, 0.05) is 17.8 Å². The number of rotatable bonds is 7. The Morgan fingerprint density at radius 2 is 1.88 bits per heavy atom. The van der Waals surface area contributed by atoms with Crippen LogP contribution in [0.25, 0.3) is 0 Å². The molecule has 1 saturated heterocycles. The van der Waals surface area contributed by atoms with Crippen LogP contribution >= 0.6 is 11.8 Å². The number of nitrogens with zero attached hydrogens (tertiary/aromatic N) is 2. The van der Waals surface area contributed by atoms with Gasteiger partial charge in [0.1, 0.15) is 5.25 Å². The normalized spacial score (nSPS) is 17.7. The second-order valence-corrected chi connectivity index (χ2v) is 6.68. The Bertz CT molecular complexity index is 753. The van der Waals surface area contributed by atoms with Gasteiger partial charge in [-0.25, -0.2) is 0 Å². The van der Waals surface area contributed by atoms with Crippen molar-refractivity contribution in [2.24, 2.45) is 10.2 Å². The lowest BCUT2D eigenvalue weighted by Crippen LogP contribution is -2.28. The quantitative estimate of drug-likeness (QED) is 0.546. The van der Waals surface area contributed by atoms with Crippen LogP contribution in [0.5, 0.6) is 0 Å².